The van der Waals surface area contributed by atoms with Crippen LogP contribution in [0.25, 0.3) is 0 Å². The van der Waals surface area contributed by atoms with Gasteiger partial charge in [0.1, 0.15) is 6.61 Å². The van der Waals surface area contributed by atoms with E-state index in [1.165, 1.54) is 7.11 Å². The van der Waals surface area contributed by atoms with Gasteiger partial charge in [-0.3, -0.25) is 0 Å². The Morgan fingerprint density at radius 2 is 2.00 bits per heavy atom. The minimum atomic E-state index is -1.18. The average molecular weight is 174 g/mol. The summed E-state index contributed by atoms with van der Waals surface area (Å²) >= 11 is 0. The number of hydrogen-bond donors (Lipinski definition) is 1. The number of carboxylic acid groups (broad SMARTS) is 1. The number of carboxylic acids is 1. The highest BCUT2D eigenvalue weighted by Crippen LogP contribution is 1.82. The molecule has 0 aromatic rings. The molecule has 0 saturated carbocycles. The third-order valence-corrected chi connectivity index (χ3v) is 0.894. The van der Waals surface area contributed by atoms with E-state index in [-0.39, 0.29) is 6.61 Å². The van der Waals surface area contributed by atoms with Gasteiger partial charge >= 0.3 is 11.9 Å². The third kappa shape index (κ3) is 6.76. The highest BCUT2D eigenvalue weighted by atomic mass is 16.6. The van der Waals surface area contributed by atoms with Gasteiger partial charge in [-0.25, -0.2) is 9.59 Å². The first-order chi connectivity index (χ1) is 5.66. The Hall–Kier alpha value is -1.36. The number of aliphatic carboxylic acids is 1. The average Bonchev–Trinajstić information content (AvgIpc) is 2.01. The van der Waals surface area contributed by atoms with Gasteiger partial charge in [0.2, 0.25) is 0 Å². The highest BCUT2D eigenvalue weighted by Gasteiger charge is 1.96. The molecule has 0 heterocycles. The standard InChI is InChI=1S/C7H10O5/c1-11-4-5-12-7(10)3-2-6(8)9/h2-3H,4-5H2,1H3,(H,8,9)/b3-2-. The van der Waals surface area contributed by atoms with E-state index in [0.29, 0.717) is 6.61 Å². The molecule has 0 spiro atoms. The maximum Gasteiger partial charge on any atom is 0.331 e. The molecule has 0 rings (SSSR count). The molecule has 0 aliphatic carbocycles. The van der Waals surface area contributed by atoms with Gasteiger partial charge in [0, 0.05) is 19.3 Å². The van der Waals surface area contributed by atoms with E-state index in [1.807, 2.05) is 0 Å². The van der Waals surface area contributed by atoms with Crippen LogP contribution < -0.4 is 0 Å². The molecule has 68 valence electrons. The molecule has 0 atom stereocenters. The molecule has 0 aliphatic rings. The molecule has 0 saturated heterocycles. The Labute approximate surface area is 69.6 Å². The summed E-state index contributed by atoms with van der Waals surface area (Å²) in [4.78, 5) is 20.5. The van der Waals surface area contributed by atoms with Crippen LogP contribution in [0.3, 0.4) is 0 Å². The zero-order valence-corrected chi connectivity index (χ0v) is 6.65. The van der Waals surface area contributed by atoms with Gasteiger partial charge in [-0.1, -0.05) is 0 Å². The minimum Gasteiger partial charge on any atom is -0.478 e. The van der Waals surface area contributed by atoms with Crippen molar-refractivity contribution in [1.29, 1.82) is 0 Å². The second kappa shape index (κ2) is 6.36. The molecule has 5 heteroatoms. The van der Waals surface area contributed by atoms with E-state index in [1.54, 1.807) is 0 Å². The summed E-state index contributed by atoms with van der Waals surface area (Å²) in [6.45, 7) is 0.423. The molecule has 0 radical (unpaired) electrons. The highest BCUT2D eigenvalue weighted by molar-refractivity contribution is 5.90. The molecule has 0 fully saturated rings. The summed E-state index contributed by atoms with van der Waals surface area (Å²) in [5.74, 6) is -1.87. The fraction of sp³-hybridized carbons (Fsp3) is 0.429. The maximum atomic E-state index is 10.6. The Morgan fingerprint density at radius 3 is 2.50 bits per heavy atom. The fourth-order valence-corrected chi connectivity index (χ4v) is 0.413. The van der Waals surface area contributed by atoms with Crippen molar-refractivity contribution in [2.24, 2.45) is 0 Å². The van der Waals surface area contributed by atoms with E-state index in [4.69, 9.17) is 5.11 Å². The Balaban J connectivity index is 3.53. The normalized spacial score (nSPS) is 10.1. The van der Waals surface area contributed by atoms with Gasteiger partial charge in [0.05, 0.1) is 6.61 Å². The maximum absolute atomic E-state index is 10.6. The van der Waals surface area contributed by atoms with Crippen molar-refractivity contribution >= 4 is 11.9 Å². The van der Waals surface area contributed by atoms with Crippen molar-refractivity contribution in [1.82, 2.24) is 0 Å². The smallest absolute Gasteiger partial charge is 0.331 e. The number of carbonyl (C=O) groups is 2. The molecule has 0 unspecified atom stereocenters. The zero-order valence-electron chi connectivity index (χ0n) is 6.65. The van der Waals surface area contributed by atoms with Crippen LogP contribution >= 0.6 is 0 Å². The molecule has 0 aliphatic heterocycles. The zero-order chi connectivity index (χ0) is 9.40. The van der Waals surface area contributed by atoms with Crippen LogP contribution in [0.4, 0.5) is 0 Å². The van der Waals surface area contributed by atoms with E-state index in [9.17, 15) is 9.59 Å². The summed E-state index contributed by atoms with van der Waals surface area (Å²) in [7, 11) is 1.47. The summed E-state index contributed by atoms with van der Waals surface area (Å²) in [6, 6.07) is 0. The summed E-state index contributed by atoms with van der Waals surface area (Å²) in [6.07, 6.45) is 1.56. The lowest BCUT2D eigenvalue weighted by Gasteiger charge is -1.98. The van der Waals surface area contributed by atoms with Crippen molar-refractivity contribution in [2.45, 2.75) is 0 Å². The molecule has 0 aromatic carbocycles. The van der Waals surface area contributed by atoms with Crippen LogP contribution in [-0.4, -0.2) is 37.4 Å². The number of ether oxygens (including phenoxy) is 2. The summed E-state index contributed by atoms with van der Waals surface area (Å²) in [5, 5.41) is 8.11. The van der Waals surface area contributed by atoms with Crippen LogP contribution in [-0.2, 0) is 19.1 Å². The molecule has 1 N–H and O–H groups in total. The Kier molecular flexibility index (Phi) is 5.64. The topological polar surface area (TPSA) is 72.8 Å². The van der Waals surface area contributed by atoms with Crippen LogP contribution in [0.5, 0.6) is 0 Å². The van der Waals surface area contributed by atoms with Gasteiger partial charge in [0.15, 0.2) is 0 Å². The van der Waals surface area contributed by atoms with Gasteiger partial charge in [-0.2, -0.15) is 0 Å². The molecule has 12 heavy (non-hydrogen) atoms. The van der Waals surface area contributed by atoms with Crippen LogP contribution in [0.15, 0.2) is 12.2 Å². The first-order valence-corrected chi connectivity index (χ1v) is 3.23. The van der Waals surface area contributed by atoms with E-state index in [0.717, 1.165) is 12.2 Å². The van der Waals surface area contributed by atoms with Crippen molar-refractivity contribution < 1.29 is 24.2 Å². The van der Waals surface area contributed by atoms with Gasteiger partial charge in [-0.15, -0.1) is 0 Å². The first-order valence-electron chi connectivity index (χ1n) is 3.23. The monoisotopic (exact) mass is 174 g/mol. The second-order valence-electron chi connectivity index (χ2n) is 1.83. The fourth-order valence-electron chi connectivity index (χ4n) is 0.413. The predicted octanol–water partition coefficient (Wildman–Crippen LogP) is -0.183. The van der Waals surface area contributed by atoms with Gasteiger partial charge in [0.25, 0.3) is 0 Å². The largest absolute Gasteiger partial charge is 0.478 e. The van der Waals surface area contributed by atoms with Crippen LogP contribution in [0.2, 0.25) is 0 Å². The summed E-state index contributed by atoms with van der Waals surface area (Å²) in [5.41, 5.74) is 0. The van der Waals surface area contributed by atoms with Crippen molar-refractivity contribution in [3.63, 3.8) is 0 Å². The minimum absolute atomic E-state index is 0.124. The Bertz CT molecular complexity index is 184. The molecule has 0 bridgehead atoms. The third-order valence-electron chi connectivity index (χ3n) is 0.894. The van der Waals surface area contributed by atoms with Gasteiger partial charge in [-0.05, 0) is 0 Å². The second-order valence-corrected chi connectivity index (χ2v) is 1.83. The Morgan fingerprint density at radius 1 is 1.33 bits per heavy atom. The number of hydrogen-bond acceptors (Lipinski definition) is 4. The van der Waals surface area contributed by atoms with Crippen molar-refractivity contribution in [3.05, 3.63) is 12.2 Å². The molecular formula is C7H10O5. The number of carbonyl (C=O) groups excluding carboxylic acids is 1. The van der Waals surface area contributed by atoms with Crippen LogP contribution in [0.1, 0.15) is 0 Å². The van der Waals surface area contributed by atoms with Crippen molar-refractivity contribution in [3.8, 4) is 0 Å². The molecular weight excluding hydrogens is 164 g/mol. The molecule has 0 aromatic heterocycles. The lowest BCUT2D eigenvalue weighted by Crippen LogP contribution is -2.07. The molecule has 0 amide bonds. The van der Waals surface area contributed by atoms with Gasteiger partial charge < -0.3 is 14.6 Å². The number of esters is 1. The van der Waals surface area contributed by atoms with E-state index < -0.39 is 11.9 Å². The summed E-state index contributed by atoms with van der Waals surface area (Å²) < 4.78 is 9.12. The van der Waals surface area contributed by atoms with Crippen LogP contribution in [0, 0.1) is 0 Å². The first kappa shape index (κ1) is 10.6. The number of methoxy groups -OCH3 is 1. The lowest BCUT2D eigenvalue weighted by atomic mass is 10.5. The SMILES string of the molecule is COCCOC(=O)/C=C\C(=O)O. The van der Waals surface area contributed by atoms with E-state index >= 15 is 0 Å². The molecule has 5 nitrogen and oxygen atoms in total. The number of rotatable bonds is 5. The van der Waals surface area contributed by atoms with Crippen molar-refractivity contribution in [2.75, 3.05) is 20.3 Å². The predicted molar refractivity (Wildman–Crippen MR) is 39.6 cm³/mol. The quantitative estimate of drug-likeness (QED) is 0.355. The lowest BCUT2D eigenvalue weighted by molar-refractivity contribution is -0.139. The van der Waals surface area contributed by atoms with E-state index in [2.05, 4.69) is 9.47 Å².